The average molecular weight is 482 g/mol. The summed E-state index contributed by atoms with van der Waals surface area (Å²) < 4.78 is 28.1. The molecule has 180 valence electrons. The molecule has 2 heterocycles. The van der Waals surface area contributed by atoms with Crippen molar-refractivity contribution in [3.05, 3.63) is 53.6 Å². The van der Waals surface area contributed by atoms with E-state index in [9.17, 15) is 13.2 Å². The number of anilines is 1. The Kier molecular flexibility index (Phi) is 6.56. The molecule has 1 amide bonds. The Bertz CT molecular complexity index is 1250. The predicted molar refractivity (Wildman–Crippen MR) is 132 cm³/mol. The number of carbonyl (C=O) groups excluding carboxylic acids is 1. The number of aromatic amines is 1. The van der Waals surface area contributed by atoms with Crippen molar-refractivity contribution in [1.29, 1.82) is 0 Å². The third kappa shape index (κ3) is 4.95. The minimum atomic E-state index is -3.63. The Morgan fingerprint density at radius 3 is 2.65 bits per heavy atom. The van der Waals surface area contributed by atoms with Crippen molar-refractivity contribution in [3.63, 3.8) is 0 Å². The molecule has 1 aliphatic heterocycles. The van der Waals surface area contributed by atoms with Gasteiger partial charge in [0.25, 0.3) is 0 Å². The molecule has 5 rings (SSSR count). The maximum absolute atomic E-state index is 12.8. The summed E-state index contributed by atoms with van der Waals surface area (Å²) in [7, 11) is -3.63. The van der Waals surface area contributed by atoms with Crippen LogP contribution in [0.4, 0.5) is 5.95 Å². The number of carbonyl (C=O) groups is 1. The first-order chi connectivity index (χ1) is 16.5. The van der Waals surface area contributed by atoms with Crippen LogP contribution in [0.1, 0.15) is 36.8 Å². The van der Waals surface area contributed by atoms with E-state index in [1.165, 1.54) is 5.56 Å². The van der Waals surface area contributed by atoms with Crippen LogP contribution in [0.25, 0.3) is 11.0 Å². The van der Waals surface area contributed by atoms with Crippen LogP contribution in [-0.2, 0) is 27.7 Å². The van der Waals surface area contributed by atoms with Crippen molar-refractivity contribution >= 4 is 32.9 Å². The molecule has 1 fully saturated rings. The normalized spacial score (nSPS) is 16.9. The quantitative estimate of drug-likeness (QED) is 0.564. The van der Waals surface area contributed by atoms with Crippen LogP contribution < -0.4 is 9.62 Å². The topological polar surface area (TPSA) is 98.4 Å². The summed E-state index contributed by atoms with van der Waals surface area (Å²) in [5, 5.41) is 0. The number of H-pyrrole nitrogens is 1. The van der Waals surface area contributed by atoms with Gasteiger partial charge in [0.2, 0.25) is 21.9 Å². The van der Waals surface area contributed by atoms with E-state index in [2.05, 4.69) is 19.6 Å². The molecular weight excluding hydrogens is 450 g/mol. The number of imidazole rings is 1. The number of nitrogens with one attached hydrogen (secondary N) is 2. The third-order valence-electron chi connectivity index (χ3n) is 6.79. The van der Waals surface area contributed by atoms with Gasteiger partial charge in [-0.1, -0.05) is 18.2 Å². The molecule has 1 saturated heterocycles. The largest absolute Gasteiger partial charge is 0.341 e. The highest BCUT2D eigenvalue weighted by Crippen LogP contribution is 2.24. The zero-order valence-corrected chi connectivity index (χ0v) is 20.1. The SMILES string of the molecule is O=C(CCNS(=O)(=O)c1ccc2c(c1)CCCC2)N1CCCN(c2nc3ccccc3[nH]2)CC1. The van der Waals surface area contributed by atoms with Crippen molar-refractivity contribution < 1.29 is 13.2 Å². The summed E-state index contributed by atoms with van der Waals surface area (Å²) in [6.45, 7) is 2.85. The molecule has 0 bridgehead atoms. The van der Waals surface area contributed by atoms with Gasteiger partial charge in [0.15, 0.2) is 0 Å². The summed E-state index contributed by atoms with van der Waals surface area (Å²) in [6, 6.07) is 13.3. The molecule has 0 spiro atoms. The number of aryl methyl sites for hydroxylation is 2. The molecule has 0 unspecified atom stereocenters. The number of hydrogen-bond acceptors (Lipinski definition) is 5. The Labute approximate surface area is 200 Å². The standard InChI is InChI=1S/C25H31N5O3S/c31-24(12-13-26-34(32,33)21-11-10-19-6-1-2-7-20(19)18-21)29-14-5-15-30(17-16-29)25-27-22-8-3-4-9-23(22)28-25/h3-4,8-11,18,26H,1-2,5-7,12-17H2,(H,27,28). The van der Waals surface area contributed by atoms with Gasteiger partial charge in [0.1, 0.15) is 0 Å². The van der Waals surface area contributed by atoms with E-state index in [4.69, 9.17) is 0 Å². The molecule has 0 radical (unpaired) electrons. The first-order valence-corrected chi connectivity index (χ1v) is 13.6. The number of aromatic nitrogens is 2. The van der Waals surface area contributed by atoms with Crippen molar-refractivity contribution in [2.24, 2.45) is 0 Å². The lowest BCUT2D eigenvalue weighted by Crippen LogP contribution is -2.37. The zero-order chi connectivity index (χ0) is 23.5. The van der Waals surface area contributed by atoms with Gasteiger partial charge < -0.3 is 14.8 Å². The highest BCUT2D eigenvalue weighted by Gasteiger charge is 2.22. The Hall–Kier alpha value is -2.91. The van der Waals surface area contributed by atoms with E-state index >= 15 is 0 Å². The molecule has 8 nitrogen and oxygen atoms in total. The summed E-state index contributed by atoms with van der Waals surface area (Å²) in [5.74, 6) is 0.799. The van der Waals surface area contributed by atoms with Crippen molar-refractivity contribution in [3.8, 4) is 0 Å². The third-order valence-corrected chi connectivity index (χ3v) is 8.24. The van der Waals surface area contributed by atoms with Gasteiger partial charge >= 0.3 is 0 Å². The Morgan fingerprint density at radius 2 is 1.79 bits per heavy atom. The fourth-order valence-electron chi connectivity index (χ4n) is 4.88. The highest BCUT2D eigenvalue weighted by atomic mass is 32.2. The highest BCUT2D eigenvalue weighted by molar-refractivity contribution is 7.89. The minimum Gasteiger partial charge on any atom is -0.341 e. The molecule has 0 saturated carbocycles. The second-order valence-corrected chi connectivity index (χ2v) is 10.9. The minimum absolute atomic E-state index is 0.0282. The second-order valence-electron chi connectivity index (χ2n) is 9.08. The second kappa shape index (κ2) is 9.76. The van der Waals surface area contributed by atoms with Gasteiger partial charge in [0.05, 0.1) is 15.9 Å². The van der Waals surface area contributed by atoms with Gasteiger partial charge in [-0.25, -0.2) is 18.1 Å². The van der Waals surface area contributed by atoms with Crippen molar-refractivity contribution in [1.82, 2.24) is 19.6 Å². The van der Waals surface area contributed by atoms with E-state index in [0.29, 0.717) is 19.6 Å². The smallest absolute Gasteiger partial charge is 0.240 e. The molecule has 2 aromatic carbocycles. The Morgan fingerprint density at radius 1 is 0.971 bits per heavy atom. The monoisotopic (exact) mass is 481 g/mol. The number of sulfonamides is 1. The molecule has 2 aliphatic rings. The lowest BCUT2D eigenvalue weighted by molar-refractivity contribution is -0.130. The van der Waals surface area contributed by atoms with Gasteiger partial charge in [-0.05, 0) is 67.5 Å². The number of rotatable bonds is 6. The van der Waals surface area contributed by atoms with Crippen LogP contribution in [0.2, 0.25) is 0 Å². The van der Waals surface area contributed by atoms with E-state index in [0.717, 1.165) is 61.2 Å². The lowest BCUT2D eigenvalue weighted by atomic mass is 9.92. The van der Waals surface area contributed by atoms with Gasteiger partial charge in [-0.3, -0.25) is 4.79 Å². The van der Waals surface area contributed by atoms with Gasteiger partial charge in [0, 0.05) is 39.1 Å². The van der Waals surface area contributed by atoms with E-state index < -0.39 is 10.0 Å². The number of amides is 1. The lowest BCUT2D eigenvalue weighted by Gasteiger charge is -2.22. The molecule has 1 aliphatic carbocycles. The van der Waals surface area contributed by atoms with Crippen molar-refractivity contribution in [2.75, 3.05) is 37.6 Å². The van der Waals surface area contributed by atoms with Gasteiger partial charge in [-0.2, -0.15) is 0 Å². The summed E-state index contributed by atoms with van der Waals surface area (Å²) >= 11 is 0. The zero-order valence-electron chi connectivity index (χ0n) is 19.3. The maximum atomic E-state index is 12.8. The maximum Gasteiger partial charge on any atom is 0.240 e. The van der Waals surface area contributed by atoms with Crippen LogP contribution in [0.3, 0.4) is 0 Å². The molecule has 9 heteroatoms. The molecule has 1 aromatic heterocycles. The van der Waals surface area contributed by atoms with E-state index in [1.807, 2.05) is 35.2 Å². The average Bonchev–Trinajstić information content (AvgIpc) is 3.12. The summed E-state index contributed by atoms with van der Waals surface area (Å²) in [6.07, 6.45) is 5.19. The number of para-hydroxylation sites is 2. The number of benzene rings is 2. The first kappa shape index (κ1) is 22.9. The van der Waals surface area contributed by atoms with Crippen LogP contribution in [0, 0.1) is 0 Å². The van der Waals surface area contributed by atoms with Gasteiger partial charge in [-0.15, -0.1) is 0 Å². The molecule has 34 heavy (non-hydrogen) atoms. The molecule has 0 atom stereocenters. The summed E-state index contributed by atoms with van der Waals surface area (Å²) in [4.78, 5) is 25.1. The van der Waals surface area contributed by atoms with Crippen molar-refractivity contribution in [2.45, 2.75) is 43.4 Å². The number of hydrogen-bond donors (Lipinski definition) is 2. The summed E-state index contributed by atoms with van der Waals surface area (Å²) in [5.41, 5.74) is 4.31. The molecular formula is C25H31N5O3S. The molecule has 2 N–H and O–H groups in total. The predicted octanol–water partition coefficient (Wildman–Crippen LogP) is 2.85. The molecule has 3 aromatic rings. The van der Waals surface area contributed by atoms with E-state index in [1.54, 1.807) is 12.1 Å². The van der Waals surface area contributed by atoms with E-state index in [-0.39, 0.29) is 23.8 Å². The first-order valence-electron chi connectivity index (χ1n) is 12.1. The van der Waals surface area contributed by atoms with Crippen LogP contribution >= 0.6 is 0 Å². The fourth-order valence-corrected chi connectivity index (χ4v) is 5.96. The Balaban J connectivity index is 1.14. The van der Waals surface area contributed by atoms with Crippen LogP contribution in [0.5, 0.6) is 0 Å². The number of fused-ring (bicyclic) bond motifs is 2. The fraction of sp³-hybridized carbons (Fsp3) is 0.440. The van der Waals surface area contributed by atoms with Crippen LogP contribution in [0.15, 0.2) is 47.4 Å². The number of nitrogens with zero attached hydrogens (tertiary/aromatic N) is 3. The van der Waals surface area contributed by atoms with Crippen LogP contribution in [-0.4, -0.2) is 61.9 Å².